The Balaban J connectivity index is 2.06. The zero-order chi connectivity index (χ0) is 15.4. The van der Waals surface area contributed by atoms with Crippen LogP contribution >= 0.6 is 0 Å². The van der Waals surface area contributed by atoms with E-state index in [9.17, 15) is 14.3 Å². The number of carbonyl (C=O) groups excluding carboxylic acids is 1. The van der Waals surface area contributed by atoms with Crippen LogP contribution < -0.4 is 0 Å². The normalized spacial score (nSPS) is 19.0. The molecule has 0 aromatic heterocycles. The topological polar surface area (TPSA) is 49.8 Å². The smallest absolute Gasteiger partial charge is 0.163 e. The summed E-state index contributed by atoms with van der Waals surface area (Å²) in [7, 11) is 1.90. The number of ketones is 1. The van der Waals surface area contributed by atoms with Crippen molar-refractivity contribution in [2.24, 2.45) is 0 Å². The third kappa shape index (κ3) is 4.25. The first-order valence-corrected chi connectivity index (χ1v) is 7.30. The van der Waals surface area contributed by atoms with Crippen molar-refractivity contribution in [3.63, 3.8) is 0 Å². The molecule has 1 fully saturated rings. The molecule has 1 N–H and O–H groups in total. The second-order valence-corrected chi connectivity index (χ2v) is 5.70. The molecule has 116 valence electrons. The van der Waals surface area contributed by atoms with Gasteiger partial charge in [0, 0.05) is 25.3 Å². The largest absolute Gasteiger partial charge is 0.507 e. The molecule has 1 unspecified atom stereocenters. The summed E-state index contributed by atoms with van der Waals surface area (Å²) in [6.07, 6.45) is 3.48. The number of ether oxygens (including phenoxy) is 1. The molecule has 0 amide bonds. The predicted molar refractivity (Wildman–Crippen MR) is 78.0 cm³/mol. The lowest BCUT2D eigenvalue weighted by atomic mass is 10.0. The van der Waals surface area contributed by atoms with Crippen molar-refractivity contribution in [1.82, 2.24) is 4.90 Å². The summed E-state index contributed by atoms with van der Waals surface area (Å²) >= 11 is 0. The van der Waals surface area contributed by atoms with Gasteiger partial charge in [-0.3, -0.25) is 9.69 Å². The Hall–Kier alpha value is -1.46. The van der Waals surface area contributed by atoms with Gasteiger partial charge in [-0.25, -0.2) is 4.39 Å². The van der Waals surface area contributed by atoms with Crippen molar-refractivity contribution in [3.05, 3.63) is 29.1 Å². The summed E-state index contributed by atoms with van der Waals surface area (Å²) < 4.78 is 19.2. The second kappa shape index (κ2) is 7.00. The maximum absolute atomic E-state index is 13.6. The molecule has 1 aliphatic heterocycles. The number of carbonyl (C=O) groups is 1. The second-order valence-electron chi connectivity index (χ2n) is 5.70. The van der Waals surface area contributed by atoms with Gasteiger partial charge in [-0.15, -0.1) is 0 Å². The van der Waals surface area contributed by atoms with Crippen LogP contribution in [0.5, 0.6) is 5.75 Å². The first-order valence-electron chi connectivity index (χ1n) is 7.30. The third-order valence-electron chi connectivity index (χ3n) is 3.76. The number of benzene rings is 1. The van der Waals surface area contributed by atoms with E-state index in [1.807, 2.05) is 11.9 Å². The number of phenols is 1. The summed E-state index contributed by atoms with van der Waals surface area (Å²) in [6.45, 7) is 3.21. The van der Waals surface area contributed by atoms with Gasteiger partial charge in [0.15, 0.2) is 5.78 Å². The lowest BCUT2D eigenvalue weighted by Gasteiger charge is -2.27. The maximum atomic E-state index is 13.6. The van der Waals surface area contributed by atoms with Crippen LogP contribution in [0.15, 0.2) is 12.1 Å². The van der Waals surface area contributed by atoms with Crippen molar-refractivity contribution < 1.29 is 19.0 Å². The van der Waals surface area contributed by atoms with E-state index in [0.717, 1.165) is 38.5 Å². The highest BCUT2D eigenvalue weighted by Crippen LogP contribution is 2.26. The van der Waals surface area contributed by atoms with Crippen molar-refractivity contribution >= 4 is 5.78 Å². The van der Waals surface area contributed by atoms with Crippen LogP contribution in [0.4, 0.5) is 4.39 Å². The highest BCUT2D eigenvalue weighted by molar-refractivity contribution is 5.97. The Morgan fingerprint density at radius 3 is 2.86 bits per heavy atom. The standard InChI is InChI=1S/C16H22FNO3/c1-11(19)15-8-13(17)7-12(16(15)20)9-18(2)10-14-5-3-4-6-21-14/h7-8,14,20H,3-6,9-10H2,1-2H3. The zero-order valence-electron chi connectivity index (χ0n) is 12.6. The molecular weight excluding hydrogens is 273 g/mol. The number of likely N-dealkylation sites (N-methyl/N-ethyl adjacent to an activating group) is 1. The van der Waals surface area contributed by atoms with Crippen LogP contribution in [0, 0.1) is 5.82 Å². The molecule has 0 aliphatic carbocycles. The molecule has 1 aromatic carbocycles. The molecule has 0 saturated carbocycles. The average Bonchev–Trinajstić information content (AvgIpc) is 2.43. The number of Topliss-reactive ketones (excluding diaryl/α,β-unsaturated/α-hetero) is 1. The molecule has 2 rings (SSSR count). The van der Waals surface area contributed by atoms with E-state index in [-0.39, 0.29) is 23.2 Å². The molecule has 4 nitrogen and oxygen atoms in total. The van der Waals surface area contributed by atoms with E-state index >= 15 is 0 Å². The van der Waals surface area contributed by atoms with Gasteiger partial charge >= 0.3 is 0 Å². The van der Waals surface area contributed by atoms with Crippen molar-refractivity contribution in [1.29, 1.82) is 0 Å². The number of hydrogen-bond acceptors (Lipinski definition) is 4. The zero-order valence-corrected chi connectivity index (χ0v) is 12.6. The van der Waals surface area contributed by atoms with E-state index < -0.39 is 5.82 Å². The van der Waals surface area contributed by atoms with Gasteiger partial charge in [0.25, 0.3) is 0 Å². The molecule has 0 radical (unpaired) electrons. The number of nitrogens with zero attached hydrogens (tertiary/aromatic N) is 1. The van der Waals surface area contributed by atoms with Gasteiger partial charge in [0.05, 0.1) is 11.7 Å². The Bertz CT molecular complexity index is 512. The van der Waals surface area contributed by atoms with Crippen molar-refractivity contribution in [3.8, 4) is 5.75 Å². The first kappa shape index (κ1) is 15.9. The van der Waals surface area contributed by atoms with Gasteiger partial charge in [-0.05, 0) is 45.4 Å². The Kier molecular flexibility index (Phi) is 5.31. The highest BCUT2D eigenvalue weighted by atomic mass is 19.1. The van der Waals surface area contributed by atoms with Gasteiger partial charge in [-0.1, -0.05) is 0 Å². The predicted octanol–water partition coefficient (Wildman–Crippen LogP) is 2.73. The molecule has 1 atom stereocenters. The van der Waals surface area contributed by atoms with Crippen LogP contribution in [0.1, 0.15) is 42.1 Å². The molecular formula is C16H22FNO3. The van der Waals surface area contributed by atoms with E-state index in [1.165, 1.54) is 13.0 Å². The summed E-state index contributed by atoms with van der Waals surface area (Å²) in [5.74, 6) is -0.970. The van der Waals surface area contributed by atoms with Crippen molar-refractivity contribution in [2.45, 2.75) is 38.8 Å². The van der Waals surface area contributed by atoms with E-state index in [0.29, 0.717) is 12.1 Å². The lowest BCUT2D eigenvalue weighted by molar-refractivity contribution is -0.00269. The minimum absolute atomic E-state index is 0.0346. The average molecular weight is 295 g/mol. The molecule has 0 bridgehead atoms. The van der Waals surface area contributed by atoms with Crippen LogP contribution in [0.2, 0.25) is 0 Å². The SMILES string of the molecule is CC(=O)c1cc(F)cc(CN(C)CC2CCCCO2)c1O. The van der Waals surface area contributed by atoms with Crippen LogP contribution in [0.3, 0.4) is 0 Å². The summed E-state index contributed by atoms with van der Waals surface area (Å²) in [4.78, 5) is 13.4. The summed E-state index contributed by atoms with van der Waals surface area (Å²) in [5, 5.41) is 10.1. The Labute approximate surface area is 124 Å². The van der Waals surface area contributed by atoms with E-state index in [1.54, 1.807) is 0 Å². The molecule has 0 spiro atoms. The summed E-state index contributed by atoms with van der Waals surface area (Å²) in [5.41, 5.74) is 0.464. The quantitative estimate of drug-likeness (QED) is 0.849. The molecule has 1 aliphatic rings. The molecule has 1 heterocycles. The third-order valence-corrected chi connectivity index (χ3v) is 3.76. The van der Waals surface area contributed by atoms with Gasteiger partial charge in [-0.2, -0.15) is 0 Å². The minimum atomic E-state index is -0.504. The van der Waals surface area contributed by atoms with Crippen LogP contribution in [-0.4, -0.2) is 42.1 Å². The van der Waals surface area contributed by atoms with E-state index in [2.05, 4.69) is 0 Å². The maximum Gasteiger partial charge on any atom is 0.163 e. The molecule has 1 aromatic rings. The fraction of sp³-hybridized carbons (Fsp3) is 0.562. The number of hydrogen-bond donors (Lipinski definition) is 1. The molecule has 5 heteroatoms. The monoisotopic (exact) mass is 295 g/mol. The van der Waals surface area contributed by atoms with Crippen LogP contribution in [-0.2, 0) is 11.3 Å². The molecule has 21 heavy (non-hydrogen) atoms. The lowest BCUT2D eigenvalue weighted by Crippen LogP contribution is -2.33. The Morgan fingerprint density at radius 2 is 2.24 bits per heavy atom. The fourth-order valence-corrected chi connectivity index (χ4v) is 2.70. The Morgan fingerprint density at radius 1 is 1.48 bits per heavy atom. The first-order chi connectivity index (χ1) is 9.97. The number of rotatable bonds is 5. The van der Waals surface area contributed by atoms with Gasteiger partial charge in [0.1, 0.15) is 11.6 Å². The van der Waals surface area contributed by atoms with Gasteiger partial charge in [0.2, 0.25) is 0 Å². The number of aromatic hydroxyl groups is 1. The van der Waals surface area contributed by atoms with E-state index in [4.69, 9.17) is 4.74 Å². The molecule has 1 saturated heterocycles. The highest BCUT2D eigenvalue weighted by Gasteiger charge is 2.18. The number of phenolic OH excluding ortho intramolecular Hbond substituents is 1. The van der Waals surface area contributed by atoms with Crippen molar-refractivity contribution in [2.75, 3.05) is 20.2 Å². The minimum Gasteiger partial charge on any atom is -0.507 e. The fourth-order valence-electron chi connectivity index (χ4n) is 2.70. The summed E-state index contributed by atoms with van der Waals surface area (Å²) in [6, 6.07) is 2.35. The number of halogens is 1. The van der Waals surface area contributed by atoms with Gasteiger partial charge < -0.3 is 9.84 Å². The van der Waals surface area contributed by atoms with Crippen LogP contribution in [0.25, 0.3) is 0 Å².